The average molecular weight is 550 g/mol. The van der Waals surface area contributed by atoms with Gasteiger partial charge >= 0.3 is 10.1 Å². The molecule has 3 aliphatic rings. The maximum Gasteiger partial charge on any atom is 0.339 e. The Labute approximate surface area is 230 Å². The number of rotatable bonds is 6. The van der Waals surface area contributed by atoms with Crippen LogP contribution in [0.25, 0.3) is 0 Å². The van der Waals surface area contributed by atoms with Crippen LogP contribution in [0.15, 0.2) is 76.0 Å². The molecular weight excluding hydrogens is 514 g/mol. The molecule has 0 saturated heterocycles. The molecule has 2 aromatic rings. The molecule has 0 amide bonds. The van der Waals surface area contributed by atoms with E-state index in [-0.39, 0.29) is 45.4 Å². The summed E-state index contributed by atoms with van der Waals surface area (Å²) in [4.78, 5) is 27.2. The molecule has 7 nitrogen and oxygen atoms in total. The van der Waals surface area contributed by atoms with E-state index in [0.29, 0.717) is 42.4 Å². The Balaban J connectivity index is 1.62. The lowest BCUT2D eigenvalue weighted by Crippen LogP contribution is -2.42. The van der Waals surface area contributed by atoms with Crippen LogP contribution in [0.1, 0.15) is 71.8 Å². The molecule has 5 rings (SSSR count). The summed E-state index contributed by atoms with van der Waals surface area (Å²) in [6.07, 6.45) is 2.18. The fraction of sp³-hybridized carbons (Fsp3) is 0.419. The predicted octanol–water partition coefficient (Wildman–Crippen LogP) is 5.83. The quantitative estimate of drug-likeness (QED) is 0.453. The van der Waals surface area contributed by atoms with Crippen LogP contribution in [0.3, 0.4) is 0 Å². The summed E-state index contributed by atoms with van der Waals surface area (Å²) < 4.78 is 37.2. The molecule has 0 bridgehead atoms. The van der Waals surface area contributed by atoms with Crippen LogP contribution in [-0.4, -0.2) is 26.6 Å². The van der Waals surface area contributed by atoms with Crippen LogP contribution in [0, 0.1) is 10.8 Å². The molecule has 206 valence electrons. The Hall–Kier alpha value is -3.39. The van der Waals surface area contributed by atoms with Crippen molar-refractivity contribution in [2.45, 2.75) is 71.1 Å². The summed E-state index contributed by atoms with van der Waals surface area (Å²) in [7, 11) is -4.09. The molecular formula is C31H35NO6S. The minimum atomic E-state index is -4.09. The maximum absolute atomic E-state index is 13.6. The van der Waals surface area contributed by atoms with Gasteiger partial charge in [-0.05, 0) is 60.4 Å². The fourth-order valence-electron chi connectivity index (χ4n) is 6.02. The summed E-state index contributed by atoms with van der Waals surface area (Å²) in [6.45, 7) is 10.4. The number of carbonyl (C=O) groups is 2. The molecule has 0 fully saturated rings. The molecule has 1 aliphatic heterocycles. The molecule has 2 aliphatic carbocycles. The second kappa shape index (κ2) is 9.66. The van der Waals surface area contributed by atoms with Crippen molar-refractivity contribution in [1.82, 2.24) is 5.32 Å². The summed E-state index contributed by atoms with van der Waals surface area (Å²) in [6, 6.07) is 12.9. The van der Waals surface area contributed by atoms with Crippen molar-refractivity contribution in [1.29, 1.82) is 0 Å². The van der Waals surface area contributed by atoms with Crippen LogP contribution in [0.4, 0.5) is 0 Å². The Morgan fingerprint density at radius 2 is 1.38 bits per heavy atom. The third-order valence-electron chi connectivity index (χ3n) is 7.55. The van der Waals surface area contributed by atoms with Crippen molar-refractivity contribution in [3.8, 4) is 11.5 Å². The largest absolute Gasteiger partial charge is 0.490 e. The number of hydrogen-bond acceptors (Lipinski definition) is 7. The van der Waals surface area contributed by atoms with Gasteiger partial charge in [-0.15, -0.1) is 0 Å². The summed E-state index contributed by atoms with van der Waals surface area (Å²) in [5.41, 5.74) is 3.29. The number of dihydropyridines is 1. The number of carbonyl (C=O) groups excluding carboxylic acids is 2. The van der Waals surface area contributed by atoms with Gasteiger partial charge in [0.15, 0.2) is 23.1 Å². The van der Waals surface area contributed by atoms with Gasteiger partial charge in [-0.25, -0.2) is 0 Å². The smallest absolute Gasteiger partial charge is 0.339 e. The molecule has 1 N–H and O–H groups in total. The third kappa shape index (κ3) is 5.26. The first kappa shape index (κ1) is 27.2. The number of allylic oxidation sites excluding steroid dienone is 4. The Morgan fingerprint density at radius 1 is 0.821 bits per heavy atom. The van der Waals surface area contributed by atoms with Gasteiger partial charge in [-0.2, -0.15) is 8.42 Å². The number of ether oxygens (including phenoxy) is 1. The van der Waals surface area contributed by atoms with E-state index in [1.54, 1.807) is 43.3 Å². The van der Waals surface area contributed by atoms with Gasteiger partial charge in [0.2, 0.25) is 0 Å². The van der Waals surface area contributed by atoms with Crippen LogP contribution in [0.5, 0.6) is 11.5 Å². The van der Waals surface area contributed by atoms with E-state index in [4.69, 9.17) is 8.92 Å². The van der Waals surface area contributed by atoms with Crippen molar-refractivity contribution in [2.75, 3.05) is 6.61 Å². The van der Waals surface area contributed by atoms with Crippen molar-refractivity contribution >= 4 is 21.7 Å². The molecule has 0 atom stereocenters. The predicted molar refractivity (Wildman–Crippen MR) is 148 cm³/mol. The zero-order chi connectivity index (χ0) is 28.2. The van der Waals surface area contributed by atoms with Crippen LogP contribution in [-0.2, 0) is 19.7 Å². The number of hydrogen-bond donors (Lipinski definition) is 1. The molecule has 0 unspecified atom stereocenters. The topological polar surface area (TPSA) is 98.8 Å². The standard InChI is InChI=1S/C31H35NO6S/c1-6-37-26-14-19(12-13-25(26)38-39(35,36)20-10-8-7-9-11-20)27-28-21(15-30(2,3)17-23(28)33)32-22-16-31(4,5)18-24(34)29(22)27/h7-14,27,32H,6,15-18H2,1-5H3. The molecule has 0 radical (unpaired) electrons. The lowest BCUT2D eigenvalue weighted by atomic mass is 9.64. The highest BCUT2D eigenvalue weighted by atomic mass is 32.2. The van der Waals surface area contributed by atoms with E-state index in [0.717, 1.165) is 11.4 Å². The first-order valence-electron chi connectivity index (χ1n) is 13.4. The third-order valence-corrected chi connectivity index (χ3v) is 8.80. The minimum absolute atomic E-state index is 0.0212. The number of ketones is 2. The monoisotopic (exact) mass is 549 g/mol. The highest BCUT2D eigenvalue weighted by molar-refractivity contribution is 7.87. The SMILES string of the molecule is CCOc1cc(C2C3=C(CC(C)(C)CC3=O)NC3=C2C(=O)CC(C)(C)C3)ccc1OS(=O)(=O)c1ccccc1. The van der Waals surface area contributed by atoms with Gasteiger partial charge in [0.25, 0.3) is 0 Å². The maximum atomic E-state index is 13.6. The van der Waals surface area contributed by atoms with E-state index in [2.05, 4.69) is 33.0 Å². The highest BCUT2D eigenvalue weighted by Crippen LogP contribution is 2.51. The highest BCUT2D eigenvalue weighted by Gasteiger charge is 2.46. The molecule has 39 heavy (non-hydrogen) atoms. The molecule has 0 saturated carbocycles. The van der Waals surface area contributed by atoms with Gasteiger partial charge in [-0.3, -0.25) is 9.59 Å². The van der Waals surface area contributed by atoms with Crippen LogP contribution in [0.2, 0.25) is 0 Å². The van der Waals surface area contributed by atoms with E-state index < -0.39 is 16.0 Å². The fourth-order valence-corrected chi connectivity index (χ4v) is 6.98. The molecule has 0 aromatic heterocycles. The first-order chi connectivity index (χ1) is 18.3. The lowest BCUT2D eigenvalue weighted by Gasteiger charge is -2.44. The average Bonchev–Trinajstić information content (AvgIpc) is 2.83. The van der Waals surface area contributed by atoms with Gasteiger partial charge in [0, 0.05) is 41.3 Å². The van der Waals surface area contributed by atoms with Crippen LogP contribution >= 0.6 is 0 Å². The van der Waals surface area contributed by atoms with Gasteiger partial charge < -0.3 is 14.2 Å². The summed E-state index contributed by atoms with van der Waals surface area (Å²) in [5.74, 6) is -0.221. The number of Topliss-reactive ketones (excluding diaryl/α,β-unsaturated/α-hetero) is 2. The zero-order valence-electron chi connectivity index (χ0n) is 23.1. The Morgan fingerprint density at radius 3 is 1.92 bits per heavy atom. The van der Waals surface area contributed by atoms with Crippen LogP contribution < -0.4 is 14.2 Å². The van der Waals surface area contributed by atoms with E-state index in [1.165, 1.54) is 12.1 Å². The zero-order valence-corrected chi connectivity index (χ0v) is 23.9. The lowest BCUT2D eigenvalue weighted by molar-refractivity contribution is -0.119. The van der Waals surface area contributed by atoms with E-state index in [9.17, 15) is 18.0 Å². The molecule has 2 aromatic carbocycles. The van der Waals surface area contributed by atoms with E-state index >= 15 is 0 Å². The van der Waals surface area contributed by atoms with Gasteiger partial charge in [-0.1, -0.05) is 52.0 Å². The Kier molecular flexibility index (Phi) is 6.74. The number of benzene rings is 2. The molecule has 1 heterocycles. The summed E-state index contributed by atoms with van der Waals surface area (Å²) in [5, 5.41) is 3.51. The van der Waals surface area contributed by atoms with Gasteiger partial charge in [0.05, 0.1) is 6.61 Å². The van der Waals surface area contributed by atoms with Crippen molar-refractivity contribution < 1.29 is 26.9 Å². The normalized spacial score (nSPS) is 20.7. The molecule has 0 spiro atoms. The first-order valence-corrected chi connectivity index (χ1v) is 14.8. The second-order valence-corrected chi connectivity index (χ2v) is 13.8. The van der Waals surface area contributed by atoms with E-state index in [1.807, 2.05) is 0 Å². The summed E-state index contributed by atoms with van der Waals surface area (Å²) >= 11 is 0. The molecule has 8 heteroatoms. The Bertz CT molecular complexity index is 1460. The van der Waals surface area contributed by atoms with Gasteiger partial charge in [0.1, 0.15) is 4.90 Å². The second-order valence-electron chi connectivity index (χ2n) is 12.2. The van der Waals surface area contributed by atoms with Crippen molar-refractivity contribution in [2.24, 2.45) is 10.8 Å². The van der Waals surface area contributed by atoms with Crippen molar-refractivity contribution in [3.05, 3.63) is 76.6 Å². The minimum Gasteiger partial charge on any atom is -0.490 e. The van der Waals surface area contributed by atoms with Crippen molar-refractivity contribution in [3.63, 3.8) is 0 Å². The number of nitrogens with one attached hydrogen (secondary N) is 1.